The molecule has 1 unspecified atom stereocenters. The summed E-state index contributed by atoms with van der Waals surface area (Å²) in [4.78, 5) is 4.38. The fraction of sp³-hybridized carbons (Fsp3) is 0.500. The summed E-state index contributed by atoms with van der Waals surface area (Å²) in [6.07, 6.45) is 4.04. The minimum absolute atomic E-state index is 0.120. The first-order valence-corrected chi connectivity index (χ1v) is 8.44. The van der Waals surface area contributed by atoms with Crippen LogP contribution in [0.25, 0.3) is 5.65 Å². The van der Waals surface area contributed by atoms with Crippen molar-refractivity contribution in [1.82, 2.24) is 14.6 Å². The number of rotatable bonds is 2. The smallest absolute Gasteiger partial charge is 0.174 e. The molecule has 2 aromatic heterocycles. The van der Waals surface area contributed by atoms with Crippen molar-refractivity contribution in [1.29, 1.82) is 0 Å². The monoisotopic (exact) mass is 299 g/mol. The minimum atomic E-state index is -2.88. The van der Waals surface area contributed by atoms with Crippen LogP contribution >= 0.6 is 11.6 Å². The van der Waals surface area contributed by atoms with Crippen LogP contribution in [0.4, 0.5) is 0 Å². The van der Waals surface area contributed by atoms with Crippen molar-refractivity contribution in [2.75, 3.05) is 11.5 Å². The maximum absolute atomic E-state index is 11.6. The molecule has 0 N–H and O–H groups in total. The van der Waals surface area contributed by atoms with Crippen LogP contribution in [0, 0.1) is 5.92 Å². The molecule has 3 heterocycles. The summed E-state index contributed by atoms with van der Waals surface area (Å²) in [5, 5.41) is 4.89. The van der Waals surface area contributed by atoms with Crippen LogP contribution in [0.5, 0.6) is 0 Å². The highest BCUT2D eigenvalue weighted by molar-refractivity contribution is 7.91. The Balaban J connectivity index is 1.84. The van der Waals surface area contributed by atoms with E-state index in [1.165, 1.54) is 0 Å². The first kappa shape index (κ1) is 12.9. The zero-order valence-electron chi connectivity index (χ0n) is 10.3. The van der Waals surface area contributed by atoms with Gasteiger partial charge in [0.05, 0.1) is 16.5 Å². The molecule has 0 spiro atoms. The molecule has 19 heavy (non-hydrogen) atoms. The van der Waals surface area contributed by atoms with Crippen molar-refractivity contribution in [3.05, 3.63) is 29.2 Å². The second-order valence-electron chi connectivity index (χ2n) is 4.98. The first-order valence-electron chi connectivity index (χ1n) is 6.24. The van der Waals surface area contributed by atoms with Crippen molar-refractivity contribution < 1.29 is 8.42 Å². The second-order valence-corrected chi connectivity index (χ2v) is 7.61. The van der Waals surface area contributed by atoms with Crippen LogP contribution in [0.3, 0.4) is 0 Å². The summed E-state index contributed by atoms with van der Waals surface area (Å²) < 4.78 is 24.9. The van der Waals surface area contributed by atoms with Gasteiger partial charge < -0.3 is 0 Å². The van der Waals surface area contributed by atoms with Crippen LogP contribution in [-0.4, -0.2) is 34.5 Å². The van der Waals surface area contributed by atoms with Gasteiger partial charge in [0.25, 0.3) is 0 Å². The molecule has 1 aliphatic rings. The van der Waals surface area contributed by atoms with Crippen LogP contribution < -0.4 is 0 Å². The topological polar surface area (TPSA) is 64.3 Å². The average molecular weight is 300 g/mol. The fourth-order valence-corrected chi connectivity index (χ4v) is 4.52. The number of fused-ring (bicyclic) bond motifs is 1. The third kappa shape index (κ3) is 2.74. The first-order chi connectivity index (χ1) is 9.03. The Bertz CT molecular complexity index is 711. The summed E-state index contributed by atoms with van der Waals surface area (Å²) in [6, 6.07) is 3.57. The highest BCUT2D eigenvalue weighted by Crippen LogP contribution is 2.22. The number of hydrogen-bond donors (Lipinski definition) is 0. The van der Waals surface area contributed by atoms with E-state index in [-0.39, 0.29) is 11.7 Å². The molecule has 1 saturated heterocycles. The maximum Gasteiger partial charge on any atom is 0.174 e. The van der Waals surface area contributed by atoms with Crippen LogP contribution in [0.1, 0.15) is 18.7 Å². The van der Waals surface area contributed by atoms with Crippen molar-refractivity contribution in [2.24, 2.45) is 5.92 Å². The Labute approximate surface area is 116 Å². The summed E-state index contributed by atoms with van der Waals surface area (Å²) in [5.41, 5.74) is 0.623. The predicted octanol–water partition coefficient (Wildman–Crippen LogP) is 1.75. The van der Waals surface area contributed by atoms with E-state index < -0.39 is 9.84 Å². The largest absolute Gasteiger partial charge is 0.229 e. The van der Waals surface area contributed by atoms with Gasteiger partial charge in [0.1, 0.15) is 0 Å². The van der Waals surface area contributed by atoms with Gasteiger partial charge in [-0.25, -0.2) is 17.9 Å². The maximum atomic E-state index is 11.6. The summed E-state index contributed by atoms with van der Waals surface area (Å²) >= 11 is 6.04. The van der Waals surface area contributed by atoms with Crippen molar-refractivity contribution in [3.8, 4) is 0 Å². The molecule has 0 saturated carbocycles. The molecule has 0 aromatic carbocycles. The van der Waals surface area contributed by atoms with Gasteiger partial charge in [-0.2, -0.15) is 5.10 Å². The molecule has 5 nitrogen and oxygen atoms in total. The number of pyridine rings is 1. The Morgan fingerprint density at radius 2 is 2.32 bits per heavy atom. The molecule has 3 rings (SSSR count). The second kappa shape index (κ2) is 4.76. The van der Waals surface area contributed by atoms with E-state index in [9.17, 15) is 8.42 Å². The number of aromatic nitrogens is 3. The predicted molar refractivity (Wildman–Crippen MR) is 73.1 cm³/mol. The molecule has 1 aliphatic heterocycles. The zero-order valence-corrected chi connectivity index (χ0v) is 11.9. The van der Waals surface area contributed by atoms with Gasteiger partial charge in [0.15, 0.2) is 21.3 Å². The molecule has 1 fully saturated rings. The highest BCUT2D eigenvalue weighted by Gasteiger charge is 2.26. The van der Waals surface area contributed by atoms with E-state index >= 15 is 0 Å². The van der Waals surface area contributed by atoms with Crippen LogP contribution in [0.2, 0.25) is 5.02 Å². The lowest BCUT2D eigenvalue weighted by Gasteiger charge is -2.20. The standard InChI is InChI=1S/C12H14ClN3O2S/c13-10-4-1-5-16-12(10)14-11(15-16)7-9-3-2-6-19(17,18)8-9/h1,4-5,9H,2-3,6-8H2. The van der Waals surface area contributed by atoms with E-state index in [2.05, 4.69) is 10.1 Å². The lowest BCUT2D eigenvalue weighted by Crippen LogP contribution is -2.26. The third-order valence-corrected chi connectivity index (χ3v) is 5.57. The molecule has 0 amide bonds. The van der Waals surface area contributed by atoms with Crippen molar-refractivity contribution >= 4 is 27.1 Å². The normalized spacial score (nSPS) is 22.7. The SMILES string of the molecule is O=S1(=O)CCCC(Cc2nc3c(Cl)cccn3n2)C1. The van der Waals surface area contributed by atoms with Crippen molar-refractivity contribution in [3.63, 3.8) is 0 Å². The number of halogens is 1. The van der Waals surface area contributed by atoms with Crippen LogP contribution in [-0.2, 0) is 16.3 Å². The zero-order chi connectivity index (χ0) is 13.5. The molecule has 0 radical (unpaired) electrons. The molecular weight excluding hydrogens is 286 g/mol. The lowest BCUT2D eigenvalue weighted by molar-refractivity contribution is 0.475. The number of nitrogens with zero attached hydrogens (tertiary/aromatic N) is 3. The van der Waals surface area contributed by atoms with Gasteiger partial charge in [-0.15, -0.1) is 0 Å². The molecular formula is C12H14ClN3O2S. The van der Waals surface area contributed by atoms with Gasteiger partial charge in [-0.3, -0.25) is 0 Å². The summed E-state index contributed by atoms with van der Waals surface area (Å²) in [6.45, 7) is 0. The minimum Gasteiger partial charge on any atom is -0.229 e. The van der Waals surface area contributed by atoms with Gasteiger partial charge >= 0.3 is 0 Å². The van der Waals surface area contributed by atoms with E-state index in [0.717, 1.165) is 12.8 Å². The molecule has 2 aromatic rings. The number of sulfone groups is 1. The fourth-order valence-electron chi connectivity index (χ4n) is 2.54. The van der Waals surface area contributed by atoms with Gasteiger partial charge in [-0.1, -0.05) is 11.6 Å². The molecule has 0 bridgehead atoms. The number of hydrogen-bond acceptors (Lipinski definition) is 4. The van der Waals surface area contributed by atoms with E-state index in [4.69, 9.17) is 11.6 Å². The molecule has 102 valence electrons. The lowest BCUT2D eigenvalue weighted by atomic mass is 10.0. The van der Waals surface area contributed by atoms with Gasteiger partial charge in [-0.05, 0) is 30.9 Å². The quantitative estimate of drug-likeness (QED) is 0.847. The van der Waals surface area contributed by atoms with Crippen LogP contribution in [0.15, 0.2) is 18.3 Å². The molecule has 1 atom stereocenters. The Hall–Kier alpha value is -1.14. The molecule has 7 heteroatoms. The van der Waals surface area contributed by atoms with Gasteiger partial charge in [0.2, 0.25) is 0 Å². The van der Waals surface area contributed by atoms with E-state index in [1.807, 2.05) is 0 Å². The Morgan fingerprint density at radius 3 is 3.05 bits per heavy atom. The Kier molecular flexibility index (Phi) is 3.22. The average Bonchev–Trinajstić information content (AvgIpc) is 2.71. The summed E-state index contributed by atoms with van der Waals surface area (Å²) in [5.74, 6) is 1.34. The van der Waals surface area contributed by atoms with E-state index in [1.54, 1.807) is 22.8 Å². The summed E-state index contributed by atoms with van der Waals surface area (Å²) in [7, 11) is -2.88. The van der Waals surface area contributed by atoms with E-state index in [0.29, 0.717) is 28.7 Å². The molecule has 0 aliphatic carbocycles. The third-order valence-electron chi connectivity index (χ3n) is 3.39. The van der Waals surface area contributed by atoms with Gasteiger partial charge in [0, 0.05) is 12.6 Å². The highest BCUT2D eigenvalue weighted by atomic mass is 35.5. The Morgan fingerprint density at radius 1 is 1.47 bits per heavy atom. The van der Waals surface area contributed by atoms with Crippen molar-refractivity contribution in [2.45, 2.75) is 19.3 Å².